The van der Waals surface area contributed by atoms with Gasteiger partial charge in [0.05, 0.1) is 36.7 Å². The smallest absolute Gasteiger partial charge is 0.490 e. The Kier molecular flexibility index (Phi) is 14.4. The molecule has 0 saturated heterocycles. The van der Waals surface area contributed by atoms with Gasteiger partial charge >= 0.3 is 18.8 Å². The van der Waals surface area contributed by atoms with Crippen LogP contribution in [0.1, 0.15) is 17.1 Å². The highest BCUT2D eigenvalue weighted by Crippen LogP contribution is 2.26. The molecule has 9 nitrogen and oxygen atoms in total. The number of rotatable bonds is 5. The number of aromatic nitrogens is 4. The SMILES string of the molecule is COc1cc(/C=C/c2ncc(-c3ccc(Cl)cc3)[nH]2)ccc1-n1cnc(C)c1.FC(F)F.O=C(O)C(F)(F)F.O=CO. The Balaban J connectivity index is 0.000000528. The Morgan fingerprint density at radius 2 is 1.67 bits per heavy atom. The van der Waals surface area contributed by atoms with E-state index in [0.717, 1.165) is 39.8 Å². The second-order valence-electron chi connectivity index (χ2n) is 7.53. The van der Waals surface area contributed by atoms with Crippen molar-refractivity contribution in [2.75, 3.05) is 7.11 Å². The van der Waals surface area contributed by atoms with E-state index < -0.39 is 18.8 Å². The monoisotopic (exact) mass is 620 g/mol. The number of aromatic amines is 1. The highest BCUT2D eigenvalue weighted by molar-refractivity contribution is 6.30. The Hall–Kier alpha value is -4.79. The van der Waals surface area contributed by atoms with Crippen LogP contribution in [0.2, 0.25) is 5.02 Å². The van der Waals surface area contributed by atoms with E-state index in [1.54, 1.807) is 13.4 Å². The van der Waals surface area contributed by atoms with Crippen molar-refractivity contribution in [3.8, 4) is 22.7 Å². The van der Waals surface area contributed by atoms with Gasteiger partial charge in [0.1, 0.15) is 11.6 Å². The molecular formula is C26H23ClF6N4O5. The van der Waals surface area contributed by atoms with Crippen LogP contribution in [0.3, 0.4) is 0 Å². The van der Waals surface area contributed by atoms with E-state index in [1.807, 2.05) is 78.5 Å². The van der Waals surface area contributed by atoms with Crippen molar-refractivity contribution < 1.29 is 50.9 Å². The van der Waals surface area contributed by atoms with Crippen molar-refractivity contribution in [1.29, 1.82) is 0 Å². The number of H-pyrrole nitrogens is 1. The molecule has 2 heterocycles. The number of ether oxygens (including phenoxy) is 1. The maximum atomic E-state index is 10.6. The first-order valence-corrected chi connectivity index (χ1v) is 11.6. The van der Waals surface area contributed by atoms with Crippen molar-refractivity contribution >= 4 is 36.2 Å². The fraction of sp³-hybridized carbons (Fsp3) is 0.154. The first kappa shape index (κ1) is 35.2. The van der Waals surface area contributed by atoms with Gasteiger partial charge in [-0.05, 0) is 48.4 Å². The largest absolute Gasteiger partial charge is 0.495 e. The third kappa shape index (κ3) is 12.6. The maximum Gasteiger partial charge on any atom is 0.490 e. The van der Waals surface area contributed by atoms with Gasteiger partial charge in [-0.1, -0.05) is 35.9 Å². The summed E-state index contributed by atoms with van der Waals surface area (Å²) in [5, 5.41) is 14.7. The van der Waals surface area contributed by atoms with E-state index in [2.05, 4.69) is 15.0 Å². The summed E-state index contributed by atoms with van der Waals surface area (Å²) in [6.07, 6.45) is 4.41. The van der Waals surface area contributed by atoms with Crippen molar-refractivity contribution in [1.82, 2.24) is 19.5 Å². The van der Waals surface area contributed by atoms with Crippen molar-refractivity contribution in [3.05, 3.63) is 83.3 Å². The second-order valence-corrected chi connectivity index (χ2v) is 7.97. The molecule has 0 unspecified atom stereocenters. The summed E-state index contributed by atoms with van der Waals surface area (Å²) in [4.78, 5) is 29.3. The molecule has 0 amide bonds. The number of imidazole rings is 2. The van der Waals surface area contributed by atoms with E-state index in [-0.39, 0.29) is 6.47 Å². The van der Waals surface area contributed by atoms with Crippen LogP contribution < -0.4 is 4.74 Å². The summed E-state index contributed by atoms with van der Waals surface area (Å²) >= 11 is 5.95. The molecule has 0 aliphatic carbocycles. The molecule has 4 rings (SSSR count). The molecule has 4 aromatic rings. The minimum absolute atomic E-state index is 0.250. The number of aryl methyl sites for hydroxylation is 1. The van der Waals surface area contributed by atoms with Gasteiger partial charge in [0.15, 0.2) is 0 Å². The molecule has 226 valence electrons. The maximum absolute atomic E-state index is 10.6. The van der Waals surface area contributed by atoms with Gasteiger partial charge in [-0.15, -0.1) is 0 Å². The lowest BCUT2D eigenvalue weighted by atomic mass is 10.1. The summed E-state index contributed by atoms with van der Waals surface area (Å²) in [6.45, 7) is -1.96. The highest BCUT2D eigenvalue weighted by Gasteiger charge is 2.38. The first-order valence-electron chi connectivity index (χ1n) is 11.2. The Labute approximate surface area is 239 Å². The number of hydrogen-bond donors (Lipinski definition) is 3. The highest BCUT2D eigenvalue weighted by atomic mass is 35.5. The number of carboxylic acid groups (broad SMARTS) is 2. The van der Waals surface area contributed by atoms with E-state index in [9.17, 15) is 26.3 Å². The molecule has 42 heavy (non-hydrogen) atoms. The van der Waals surface area contributed by atoms with E-state index in [1.165, 1.54) is 0 Å². The van der Waals surface area contributed by atoms with Crippen LogP contribution in [0.15, 0.2) is 61.2 Å². The first-order chi connectivity index (χ1) is 19.7. The van der Waals surface area contributed by atoms with Crippen molar-refractivity contribution in [2.45, 2.75) is 19.8 Å². The zero-order valence-corrected chi connectivity index (χ0v) is 22.4. The lowest BCUT2D eigenvalue weighted by Gasteiger charge is -2.09. The van der Waals surface area contributed by atoms with Gasteiger partial charge in [-0.25, -0.2) is 14.8 Å². The molecule has 16 heteroatoms. The van der Waals surface area contributed by atoms with E-state index in [4.69, 9.17) is 36.1 Å². The molecular weight excluding hydrogens is 598 g/mol. The van der Waals surface area contributed by atoms with Gasteiger partial charge < -0.3 is 24.5 Å². The Bertz CT molecular complexity index is 1440. The van der Waals surface area contributed by atoms with E-state index >= 15 is 0 Å². The normalized spacial score (nSPS) is 10.5. The van der Waals surface area contributed by atoms with E-state index in [0.29, 0.717) is 5.02 Å². The number of halogens is 7. The number of nitrogens with one attached hydrogen (secondary N) is 1. The zero-order chi connectivity index (χ0) is 31.9. The lowest BCUT2D eigenvalue weighted by molar-refractivity contribution is -0.192. The average molecular weight is 621 g/mol. The number of carbonyl (C=O) groups is 2. The minimum atomic E-state index is -5.08. The topological polar surface area (TPSA) is 130 Å². The summed E-state index contributed by atoms with van der Waals surface area (Å²) in [7, 11) is 1.67. The summed E-state index contributed by atoms with van der Waals surface area (Å²) in [6, 6.07) is 13.7. The number of methoxy groups -OCH3 is 1. The lowest BCUT2D eigenvalue weighted by Crippen LogP contribution is -2.21. The van der Waals surface area contributed by atoms with Crippen LogP contribution in [-0.2, 0) is 9.59 Å². The Morgan fingerprint density at radius 3 is 2.14 bits per heavy atom. The molecule has 2 aromatic heterocycles. The molecule has 0 atom stereocenters. The van der Waals surface area contributed by atoms with Crippen LogP contribution in [-0.4, -0.2) is 62.1 Å². The van der Waals surface area contributed by atoms with Gasteiger partial charge in [0.2, 0.25) is 0 Å². The molecule has 0 spiro atoms. The molecule has 0 bridgehead atoms. The zero-order valence-electron chi connectivity index (χ0n) is 21.7. The fourth-order valence-corrected chi connectivity index (χ4v) is 3.06. The standard InChI is InChI=1S/C22H19ClN4O.C2HF3O2.CHF3.CH2O2/c1-15-13-27(14-25-15)20-9-3-16(11-21(20)28-2)4-10-22-24-12-19(26-22)17-5-7-18(23)8-6-17;3-2(4,5)1(6)7;2-1(3)4;2-1-3/h3-14H,1-2H3,(H,24,26);(H,6,7);1H;1H,(H,2,3)/b10-4+;;;. The quantitative estimate of drug-likeness (QED) is 0.163. The van der Waals surface area contributed by atoms with Crippen molar-refractivity contribution in [3.63, 3.8) is 0 Å². The van der Waals surface area contributed by atoms with Crippen LogP contribution in [0.25, 0.3) is 29.1 Å². The van der Waals surface area contributed by atoms with Crippen LogP contribution >= 0.6 is 11.6 Å². The Morgan fingerprint density at radius 1 is 1.10 bits per heavy atom. The number of carboxylic acids is 1. The van der Waals surface area contributed by atoms with Gasteiger partial charge in [-0.3, -0.25) is 4.79 Å². The summed E-state index contributed by atoms with van der Waals surface area (Å²) in [5.41, 5.74) is 4.91. The average Bonchev–Trinajstić information content (AvgIpc) is 3.57. The summed E-state index contributed by atoms with van der Waals surface area (Å²) in [5.74, 6) is -1.20. The minimum Gasteiger partial charge on any atom is -0.495 e. The number of aliphatic carboxylic acids is 1. The number of alkyl halides is 6. The van der Waals surface area contributed by atoms with Crippen molar-refractivity contribution in [2.24, 2.45) is 0 Å². The predicted octanol–water partition coefficient (Wildman–Crippen LogP) is 6.92. The van der Waals surface area contributed by atoms with Gasteiger partial charge in [-0.2, -0.15) is 26.3 Å². The number of nitrogens with zero attached hydrogens (tertiary/aromatic N) is 3. The van der Waals surface area contributed by atoms with Crippen LogP contribution in [0, 0.1) is 6.92 Å². The molecule has 0 fully saturated rings. The third-order valence-corrected chi connectivity index (χ3v) is 4.87. The number of hydrogen-bond acceptors (Lipinski definition) is 5. The molecule has 0 radical (unpaired) electrons. The molecule has 0 aliphatic rings. The molecule has 3 N–H and O–H groups in total. The van der Waals surface area contributed by atoms with Crippen LogP contribution in [0.4, 0.5) is 26.3 Å². The third-order valence-electron chi connectivity index (χ3n) is 4.62. The van der Waals surface area contributed by atoms with Crippen LogP contribution in [0.5, 0.6) is 5.75 Å². The number of benzene rings is 2. The second kappa shape index (κ2) is 17.1. The fourth-order valence-electron chi connectivity index (χ4n) is 2.94. The molecule has 0 aliphatic heterocycles. The molecule has 0 saturated carbocycles. The molecule has 2 aromatic carbocycles. The predicted molar refractivity (Wildman–Crippen MR) is 142 cm³/mol. The van der Waals surface area contributed by atoms with Gasteiger partial charge in [0, 0.05) is 11.2 Å². The summed E-state index contributed by atoms with van der Waals surface area (Å²) < 4.78 is 68.2. The van der Waals surface area contributed by atoms with Gasteiger partial charge in [0.25, 0.3) is 6.47 Å².